The molecule has 3 rings (SSSR count). The highest BCUT2D eigenvalue weighted by Gasteiger charge is 2.14. The van der Waals surface area contributed by atoms with E-state index in [1.165, 1.54) is 0 Å². The smallest absolute Gasteiger partial charge is 0.117 e. The van der Waals surface area contributed by atoms with Crippen LogP contribution < -0.4 is 0 Å². The molecule has 0 aliphatic rings. The Morgan fingerprint density at radius 3 is 2.76 bits per heavy atom. The normalized spacial score (nSPS) is 11.2. The average Bonchev–Trinajstić information content (AvgIpc) is 2.85. The van der Waals surface area contributed by atoms with Gasteiger partial charge in [0.1, 0.15) is 6.33 Å². The fourth-order valence-corrected chi connectivity index (χ4v) is 2.06. The Hall–Kier alpha value is -2.24. The van der Waals surface area contributed by atoms with Crippen LogP contribution in [0.5, 0.6) is 0 Å². The van der Waals surface area contributed by atoms with Crippen molar-refractivity contribution in [2.24, 2.45) is 7.05 Å². The zero-order valence-electron chi connectivity index (χ0n) is 9.92. The number of imidazole rings is 1. The first-order chi connectivity index (χ1) is 8.16. The molecule has 0 saturated heterocycles. The zero-order valence-corrected chi connectivity index (χ0v) is 9.92. The second-order valence-electron chi connectivity index (χ2n) is 4.07. The monoisotopic (exact) mass is 228 g/mol. The van der Waals surface area contributed by atoms with E-state index in [2.05, 4.69) is 20.4 Å². The summed E-state index contributed by atoms with van der Waals surface area (Å²) in [4.78, 5) is 4.12. The molecule has 6 heteroatoms. The van der Waals surface area contributed by atoms with E-state index in [1.807, 2.05) is 27.0 Å². The molecule has 86 valence electrons. The Labute approximate surface area is 97.9 Å². The molecule has 0 aliphatic heterocycles. The molecule has 0 atom stereocenters. The van der Waals surface area contributed by atoms with Crippen LogP contribution in [0.4, 0.5) is 0 Å². The molecular formula is C11H12N6. The van der Waals surface area contributed by atoms with Crippen LogP contribution in [0.15, 0.2) is 18.6 Å². The molecule has 3 heterocycles. The minimum Gasteiger partial charge on any atom is -0.247 e. The Morgan fingerprint density at radius 1 is 1.24 bits per heavy atom. The van der Waals surface area contributed by atoms with Gasteiger partial charge in [-0.25, -0.2) is 14.2 Å². The molecule has 0 spiro atoms. The molecule has 17 heavy (non-hydrogen) atoms. The molecule has 0 N–H and O–H groups in total. The molecule has 6 nitrogen and oxygen atoms in total. The fraction of sp³-hybridized carbons (Fsp3) is 0.273. The summed E-state index contributed by atoms with van der Waals surface area (Å²) < 4.78 is 3.55. The van der Waals surface area contributed by atoms with Crippen LogP contribution >= 0.6 is 0 Å². The molecule has 0 unspecified atom stereocenters. The lowest BCUT2D eigenvalue weighted by Gasteiger charge is -2.06. The van der Waals surface area contributed by atoms with Gasteiger partial charge in [0.15, 0.2) is 0 Å². The number of hydrogen-bond donors (Lipinski definition) is 0. The van der Waals surface area contributed by atoms with Crippen LogP contribution in [0, 0.1) is 13.8 Å². The SMILES string of the molecule is Cc1cc(-c2c(C)nnn2C)c2cncn2n1. The largest absolute Gasteiger partial charge is 0.247 e. The number of fused-ring (bicyclic) bond motifs is 1. The van der Waals surface area contributed by atoms with Crippen molar-refractivity contribution in [3.63, 3.8) is 0 Å². The van der Waals surface area contributed by atoms with Gasteiger partial charge in [-0.3, -0.25) is 0 Å². The number of aryl methyl sites for hydroxylation is 3. The van der Waals surface area contributed by atoms with Gasteiger partial charge in [0, 0.05) is 12.6 Å². The number of hydrogen-bond acceptors (Lipinski definition) is 4. The van der Waals surface area contributed by atoms with Crippen molar-refractivity contribution in [2.75, 3.05) is 0 Å². The Kier molecular flexibility index (Phi) is 1.98. The third-order valence-electron chi connectivity index (χ3n) is 2.76. The Balaban J connectivity index is 2.40. The second kappa shape index (κ2) is 3.38. The molecule has 3 aromatic heterocycles. The molecule has 0 aromatic carbocycles. The lowest BCUT2D eigenvalue weighted by molar-refractivity contribution is 0.719. The van der Waals surface area contributed by atoms with E-state index in [9.17, 15) is 0 Å². The van der Waals surface area contributed by atoms with Crippen LogP contribution in [0.2, 0.25) is 0 Å². The van der Waals surface area contributed by atoms with Gasteiger partial charge in [-0.15, -0.1) is 5.10 Å². The topological polar surface area (TPSA) is 60.9 Å². The van der Waals surface area contributed by atoms with E-state index in [0.717, 1.165) is 28.2 Å². The van der Waals surface area contributed by atoms with E-state index in [4.69, 9.17) is 0 Å². The predicted octanol–water partition coefficient (Wildman–Crippen LogP) is 1.14. The lowest BCUT2D eigenvalue weighted by Crippen LogP contribution is -2.00. The van der Waals surface area contributed by atoms with Gasteiger partial charge in [-0.05, 0) is 19.9 Å². The quantitative estimate of drug-likeness (QED) is 0.626. The lowest BCUT2D eigenvalue weighted by atomic mass is 10.1. The standard InChI is InChI=1S/C11H12N6/c1-7-4-9(10-5-12-6-17(10)14-7)11-8(2)13-15-16(11)3/h4-6H,1-3H3. The van der Waals surface area contributed by atoms with Crippen molar-refractivity contribution < 1.29 is 0 Å². The molecule has 0 saturated carbocycles. The number of rotatable bonds is 1. The summed E-state index contributed by atoms with van der Waals surface area (Å²) in [7, 11) is 1.89. The third kappa shape index (κ3) is 1.41. The minimum atomic E-state index is 0.904. The van der Waals surface area contributed by atoms with Crippen LogP contribution in [0.25, 0.3) is 16.8 Å². The maximum Gasteiger partial charge on any atom is 0.117 e. The number of nitrogens with zero attached hydrogens (tertiary/aromatic N) is 6. The molecule has 0 fully saturated rings. The predicted molar refractivity (Wildman–Crippen MR) is 62.5 cm³/mol. The number of aromatic nitrogens is 6. The van der Waals surface area contributed by atoms with E-state index in [0.29, 0.717) is 0 Å². The first kappa shape index (κ1) is 9.95. The van der Waals surface area contributed by atoms with Gasteiger partial charge in [-0.1, -0.05) is 5.21 Å². The van der Waals surface area contributed by atoms with E-state index in [-0.39, 0.29) is 0 Å². The first-order valence-electron chi connectivity index (χ1n) is 5.33. The third-order valence-corrected chi connectivity index (χ3v) is 2.76. The van der Waals surface area contributed by atoms with Crippen LogP contribution in [0.1, 0.15) is 11.4 Å². The zero-order chi connectivity index (χ0) is 12.0. The molecule has 0 amide bonds. The summed E-state index contributed by atoms with van der Waals surface area (Å²) >= 11 is 0. The summed E-state index contributed by atoms with van der Waals surface area (Å²) in [5.74, 6) is 0. The molecule has 3 aromatic rings. The highest BCUT2D eigenvalue weighted by Crippen LogP contribution is 2.25. The first-order valence-corrected chi connectivity index (χ1v) is 5.33. The van der Waals surface area contributed by atoms with Crippen molar-refractivity contribution in [1.82, 2.24) is 29.6 Å². The summed E-state index contributed by atoms with van der Waals surface area (Å²) in [6.07, 6.45) is 3.50. The second-order valence-corrected chi connectivity index (χ2v) is 4.07. The van der Waals surface area contributed by atoms with Gasteiger partial charge in [0.2, 0.25) is 0 Å². The average molecular weight is 228 g/mol. The Bertz CT molecular complexity index is 674. The summed E-state index contributed by atoms with van der Waals surface area (Å²) in [5, 5.41) is 12.5. The minimum absolute atomic E-state index is 0.904. The van der Waals surface area contributed by atoms with E-state index >= 15 is 0 Å². The highest BCUT2D eigenvalue weighted by molar-refractivity contribution is 5.78. The maximum absolute atomic E-state index is 4.37. The molecular weight excluding hydrogens is 216 g/mol. The molecule has 0 bridgehead atoms. The van der Waals surface area contributed by atoms with Crippen molar-refractivity contribution in [1.29, 1.82) is 0 Å². The molecule has 0 radical (unpaired) electrons. The fourth-order valence-electron chi connectivity index (χ4n) is 2.06. The summed E-state index contributed by atoms with van der Waals surface area (Å²) in [6, 6.07) is 2.03. The van der Waals surface area contributed by atoms with Gasteiger partial charge in [0.25, 0.3) is 0 Å². The van der Waals surface area contributed by atoms with E-state index in [1.54, 1.807) is 21.7 Å². The van der Waals surface area contributed by atoms with Crippen LogP contribution in [-0.2, 0) is 7.05 Å². The van der Waals surface area contributed by atoms with Crippen molar-refractivity contribution in [3.05, 3.63) is 30.0 Å². The Morgan fingerprint density at radius 2 is 2.06 bits per heavy atom. The van der Waals surface area contributed by atoms with Crippen molar-refractivity contribution in [2.45, 2.75) is 13.8 Å². The maximum atomic E-state index is 4.37. The van der Waals surface area contributed by atoms with Gasteiger partial charge < -0.3 is 0 Å². The van der Waals surface area contributed by atoms with Crippen molar-refractivity contribution >= 4 is 5.52 Å². The van der Waals surface area contributed by atoms with Crippen LogP contribution in [-0.4, -0.2) is 29.6 Å². The molecule has 0 aliphatic carbocycles. The summed E-state index contributed by atoms with van der Waals surface area (Å²) in [5.41, 5.74) is 4.86. The van der Waals surface area contributed by atoms with Crippen molar-refractivity contribution in [3.8, 4) is 11.3 Å². The highest BCUT2D eigenvalue weighted by atomic mass is 15.4. The summed E-state index contributed by atoms with van der Waals surface area (Å²) in [6.45, 7) is 3.91. The van der Waals surface area contributed by atoms with Gasteiger partial charge >= 0.3 is 0 Å². The van der Waals surface area contributed by atoms with Gasteiger partial charge in [0.05, 0.1) is 28.8 Å². The van der Waals surface area contributed by atoms with Crippen LogP contribution in [0.3, 0.4) is 0 Å². The van der Waals surface area contributed by atoms with Gasteiger partial charge in [-0.2, -0.15) is 5.10 Å². The van der Waals surface area contributed by atoms with E-state index < -0.39 is 0 Å².